The molecule has 0 aliphatic heterocycles. The van der Waals surface area contributed by atoms with Crippen LogP contribution in [0.25, 0.3) is 16.3 Å². The van der Waals surface area contributed by atoms with Crippen LogP contribution in [0.5, 0.6) is 0 Å². The van der Waals surface area contributed by atoms with Crippen LogP contribution in [0.4, 0.5) is 11.4 Å². The zero-order valence-corrected chi connectivity index (χ0v) is 16.2. The molecule has 1 N–H and O–H groups in total. The van der Waals surface area contributed by atoms with Crippen molar-refractivity contribution in [2.75, 3.05) is 5.32 Å². The molecule has 0 aliphatic carbocycles. The molecule has 0 spiro atoms. The average molecular weight is 404 g/mol. The fraction of sp³-hybridized carbons (Fsp3) is 0.0476. The second-order valence-electron chi connectivity index (χ2n) is 6.36. The largest absolute Gasteiger partial charge is 0.321 e. The Hall–Kier alpha value is -3.78. The van der Waals surface area contributed by atoms with Gasteiger partial charge in [0.2, 0.25) is 0 Å². The summed E-state index contributed by atoms with van der Waals surface area (Å²) in [6.45, 7) is 1.78. The molecule has 0 fully saturated rings. The minimum absolute atomic E-state index is 0.0793. The van der Waals surface area contributed by atoms with Gasteiger partial charge in [-0.2, -0.15) is 5.10 Å². The van der Waals surface area contributed by atoms with Crippen LogP contribution in [-0.4, -0.2) is 20.6 Å². The van der Waals surface area contributed by atoms with Crippen molar-refractivity contribution < 1.29 is 9.72 Å². The average Bonchev–Trinajstić information content (AvgIpc) is 3.40. The van der Waals surface area contributed by atoms with Crippen molar-refractivity contribution >= 4 is 28.6 Å². The predicted octanol–water partition coefficient (Wildman–Crippen LogP) is 5.07. The van der Waals surface area contributed by atoms with Gasteiger partial charge in [-0.15, -0.1) is 11.3 Å². The molecule has 4 rings (SSSR count). The van der Waals surface area contributed by atoms with Gasteiger partial charge in [-0.1, -0.05) is 30.3 Å². The molecular formula is C21H16N4O3S. The van der Waals surface area contributed by atoms with Gasteiger partial charge in [0.15, 0.2) is 0 Å². The standard InChI is InChI=1S/C21H16N4O3S/c1-14-9-10-16(25(27)28)12-18(14)22-21(26)17-13-24(15-6-3-2-4-7-15)23-20(17)19-8-5-11-29-19/h2-13H,1H3,(H,22,26). The van der Waals surface area contributed by atoms with Gasteiger partial charge in [-0.05, 0) is 36.1 Å². The van der Waals surface area contributed by atoms with Crippen molar-refractivity contribution in [2.24, 2.45) is 0 Å². The first-order valence-electron chi connectivity index (χ1n) is 8.78. The van der Waals surface area contributed by atoms with Gasteiger partial charge >= 0.3 is 0 Å². The molecule has 0 radical (unpaired) electrons. The SMILES string of the molecule is Cc1ccc([N+](=O)[O-])cc1NC(=O)c1cn(-c2ccccc2)nc1-c1cccs1. The Kier molecular flexibility index (Phi) is 4.92. The topological polar surface area (TPSA) is 90.1 Å². The number of nitro groups is 1. The fourth-order valence-electron chi connectivity index (χ4n) is 2.90. The number of thiophene rings is 1. The molecule has 0 aliphatic rings. The summed E-state index contributed by atoms with van der Waals surface area (Å²) < 4.78 is 1.66. The zero-order chi connectivity index (χ0) is 20.4. The molecule has 144 valence electrons. The van der Waals surface area contributed by atoms with E-state index in [2.05, 4.69) is 10.4 Å². The number of amides is 1. The molecule has 29 heavy (non-hydrogen) atoms. The molecule has 0 atom stereocenters. The molecule has 1 amide bonds. The molecule has 4 aromatic rings. The number of hydrogen-bond donors (Lipinski definition) is 1. The first-order chi connectivity index (χ1) is 14.0. The highest BCUT2D eigenvalue weighted by atomic mass is 32.1. The highest BCUT2D eigenvalue weighted by Gasteiger charge is 2.21. The zero-order valence-electron chi connectivity index (χ0n) is 15.4. The number of benzene rings is 2. The molecule has 0 unspecified atom stereocenters. The third-order valence-corrected chi connectivity index (χ3v) is 5.29. The molecule has 0 saturated heterocycles. The first kappa shape index (κ1) is 18.6. The van der Waals surface area contributed by atoms with Gasteiger partial charge < -0.3 is 5.32 Å². The Morgan fingerprint density at radius 2 is 1.93 bits per heavy atom. The van der Waals surface area contributed by atoms with Crippen LogP contribution in [0, 0.1) is 17.0 Å². The lowest BCUT2D eigenvalue weighted by atomic mass is 10.1. The van der Waals surface area contributed by atoms with Crippen molar-refractivity contribution in [3.05, 3.63) is 93.5 Å². The maximum absolute atomic E-state index is 13.1. The molecule has 0 saturated carbocycles. The normalized spacial score (nSPS) is 10.7. The number of nitrogens with zero attached hydrogens (tertiary/aromatic N) is 3. The lowest BCUT2D eigenvalue weighted by Gasteiger charge is -2.08. The number of aromatic nitrogens is 2. The number of para-hydroxylation sites is 1. The van der Waals surface area contributed by atoms with E-state index in [4.69, 9.17) is 0 Å². The van der Waals surface area contributed by atoms with E-state index in [1.54, 1.807) is 23.9 Å². The van der Waals surface area contributed by atoms with E-state index < -0.39 is 4.92 Å². The van der Waals surface area contributed by atoms with Crippen LogP contribution >= 0.6 is 11.3 Å². The van der Waals surface area contributed by atoms with E-state index in [-0.39, 0.29) is 11.6 Å². The summed E-state index contributed by atoms with van der Waals surface area (Å²) in [5.41, 5.74) is 2.83. The first-order valence-corrected chi connectivity index (χ1v) is 9.66. The lowest BCUT2D eigenvalue weighted by Crippen LogP contribution is -2.13. The Labute approximate surface area is 170 Å². The van der Waals surface area contributed by atoms with Crippen molar-refractivity contribution in [3.63, 3.8) is 0 Å². The quantitative estimate of drug-likeness (QED) is 0.371. The summed E-state index contributed by atoms with van der Waals surface area (Å²) in [7, 11) is 0. The van der Waals surface area contributed by atoms with E-state index in [0.717, 1.165) is 16.1 Å². The van der Waals surface area contributed by atoms with Crippen molar-refractivity contribution in [2.45, 2.75) is 6.92 Å². The molecule has 2 heterocycles. The van der Waals surface area contributed by atoms with Gasteiger partial charge in [0, 0.05) is 18.3 Å². The van der Waals surface area contributed by atoms with E-state index in [0.29, 0.717) is 16.9 Å². The third kappa shape index (κ3) is 3.78. The summed E-state index contributed by atoms with van der Waals surface area (Å²) in [6, 6.07) is 17.7. The Morgan fingerprint density at radius 3 is 2.62 bits per heavy atom. The van der Waals surface area contributed by atoms with Gasteiger partial charge in [0.05, 0.1) is 26.7 Å². The number of nitrogens with one attached hydrogen (secondary N) is 1. The summed E-state index contributed by atoms with van der Waals surface area (Å²) in [5, 5.41) is 20.4. The van der Waals surface area contributed by atoms with Crippen LogP contribution in [-0.2, 0) is 0 Å². The molecule has 2 aromatic heterocycles. The minimum atomic E-state index is -0.487. The summed E-state index contributed by atoms with van der Waals surface area (Å²) >= 11 is 1.49. The smallest absolute Gasteiger partial charge is 0.271 e. The van der Waals surface area contributed by atoms with Crippen LogP contribution in [0.2, 0.25) is 0 Å². The van der Waals surface area contributed by atoms with Gasteiger partial charge in [-0.25, -0.2) is 4.68 Å². The molecule has 0 bridgehead atoms. The second-order valence-corrected chi connectivity index (χ2v) is 7.31. The Morgan fingerprint density at radius 1 is 1.14 bits per heavy atom. The van der Waals surface area contributed by atoms with Crippen LogP contribution < -0.4 is 5.32 Å². The number of carbonyl (C=O) groups is 1. The fourth-order valence-corrected chi connectivity index (χ4v) is 3.62. The maximum atomic E-state index is 13.1. The summed E-state index contributed by atoms with van der Waals surface area (Å²) in [4.78, 5) is 24.5. The monoisotopic (exact) mass is 404 g/mol. The van der Waals surface area contributed by atoms with Crippen LogP contribution in [0.15, 0.2) is 72.2 Å². The number of rotatable bonds is 5. The summed E-state index contributed by atoms with van der Waals surface area (Å²) in [5.74, 6) is -0.376. The number of nitro benzene ring substituents is 1. The third-order valence-electron chi connectivity index (χ3n) is 4.41. The van der Waals surface area contributed by atoms with Gasteiger partial charge in [-0.3, -0.25) is 14.9 Å². The molecule has 2 aromatic carbocycles. The lowest BCUT2D eigenvalue weighted by molar-refractivity contribution is -0.384. The molecule has 8 heteroatoms. The van der Waals surface area contributed by atoms with Crippen molar-refractivity contribution in [1.82, 2.24) is 9.78 Å². The van der Waals surface area contributed by atoms with Crippen LogP contribution in [0.1, 0.15) is 15.9 Å². The minimum Gasteiger partial charge on any atom is -0.321 e. The molecule has 7 nitrogen and oxygen atoms in total. The number of anilines is 1. The van der Waals surface area contributed by atoms with Crippen molar-refractivity contribution in [1.29, 1.82) is 0 Å². The van der Waals surface area contributed by atoms with Gasteiger partial charge in [0.1, 0.15) is 5.69 Å². The van der Waals surface area contributed by atoms with Crippen LogP contribution in [0.3, 0.4) is 0 Å². The highest BCUT2D eigenvalue weighted by molar-refractivity contribution is 7.13. The second kappa shape index (κ2) is 7.69. The number of aryl methyl sites for hydroxylation is 1. The summed E-state index contributed by atoms with van der Waals surface area (Å²) in [6.07, 6.45) is 1.67. The Bertz CT molecular complexity index is 1180. The van der Waals surface area contributed by atoms with Crippen molar-refractivity contribution in [3.8, 4) is 16.3 Å². The number of non-ortho nitro benzene ring substituents is 1. The van der Waals surface area contributed by atoms with Gasteiger partial charge in [0.25, 0.3) is 11.6 Å². The molecular weight excluding hydrogens is 388 g/mol. The van der Waals surface area contributed by atoms with E-state index in [9.17, 15) is 14.9 Å². The predicted molar refractivity (Wildman–Crippen MR) is 113 cm³/mol. The van der Waals surface area contributed by atoms with E-state index in [1.165, 1.54) is 23.5 Å². The highest BCUT2D eigenvalue weighted by Crippen LogP contribution is 2.29. The number of hydrogen-bond acceptors (Lipinski definition) is 5. The maximum Gasteiger partial charge on any atom is 0.271 e. The Balaban J connectivity index is 1.74. The van der Waals surface area contributed by atoms with E-state index >= 15 is 0 Å². The van der Waals surface area contributed by atoms with E-state index in [1.807, 2.05) is 47.8 Å². The number of carbonyl (C=O) groups excluding carboxylic acids is 1.